The predicted molar refractivity (Wildman–Crippen MR) is 86.3 cm³/mol. The number of carbonyl (C=O) groups is 1. The first kappa shape index (κ1) is 50.5. The number of ketones is 1. The molecule has 0 saturated heterocycles. The van der Waals surface area contributed by atoms with Gasteiger partial charge in [-0.25, -0.2) is 0 Å². The standard InChI is InChI=1S/C14H16O.6CO.2Co/c1-2-3-4-5-9-12-14(15)13-10-7-6-8-11-13;6*1-2;;/h6-8,10-11H,2-4,12H2,1H3;;;;;;;;. The SMILES string of the molecule is CCCCC#CCC(=O)c1ccccc1.[C-]#[O+].[C-]#[O+].[C-]#[O+].[C-]#[O+].[C-]#[O+].[C-]#[O+].[Co].[Co]. The van der Waals surface area contributed by atoms with Crippen molar-refractivity contribution in [3.8, 4) is 11.8 Å². The third kappa shape index (κ3) is 51.8. The Bertz CT molecular complexity index is 558. The number of benzene rings is 1. The van der Waals surface area contributed by atoms with Crippen LogP contribution in [0.4, 0.5) is 0 Å². The van der Waals surface area contributed by atoms with Crippen molar-refractivity contribution >= 4 is 5.78 Å². The van der Waals surface area contributed by atoms with E-state index in [9.17, 15) is 4.79 Å². The average Bonchev–Trinajstić information content (AvgIpc) is 2.82. The summed E-state index contributed by atoms with van der Waals surface area (Å²) in [6.45, 7) is 29.1. The molecule has 0 bridgehead atoms. The third-order valence-corrected chi connectivity index (χ3v) is 2.13. The van der Waals surface area contributed by atoms with Crippen molar-refractivity contribution in [3.63, 3.8) is 0 Å². The average molecular weight is 486 g/mol. The largest absolute Gasteiger partial charge is 0 e. The molecular formula is C20H16Co2O7. The Hall–Kier alpha value is -2.10. The second-order valence-electron chi connectivity index (χ2n) is 3.42. The molecule has 0 aliphatic heterocycles. The molecule has 0 atom stereocenters. The van der Waals surface area contributed by atoms with Gasteiger partial charge in [0.05, 0.1) is 6.42 Å². The van der Waals surface area contributed by atoms with Crippen LogP contribution in [0.3, 0.4) is 0 Å². The van der Waals surface area contributed by atoms with Gasteiger partial charge in [-0.1, -0.05) is 49.6 Å². The van der Waals surface area contributed by atoms with Gasteiger partial charge >= 0.3 is 67.8 Å². The normalized spacial score (nSPS) is 5.14. The van der Waals surface area contributed by atoms with Gasteiger partial charge in [-0.05, 0) is 6.42 Å². The molecule has 1 aromatic rings. The second kappa shape index (κ2) is 72.3. The molecule has 0 aliphatic rings. The molecule has 0 spiro atoms. The first-order valence-electron chi connectivity index (χ1n) is 6.61. The van der Waals surface area contributed by atoms with Gasteiger partial charge < -0.3 is 0 Å². The molecular weight excluding hydrogens is 470 g/mol. The minimum atomic E-state index is 0. The van der Waals surface area contributed by atoms with Crippen molar-refractivity contribution < 1.29 is 66.3 Å². The van der Waals surface area contributed by atoms with Crippen LogP contribution in [-0.4, -0.2) is 5.78 Å². The van der Waals surface area contributed by atoms with Gasteiger partial charge in [0, 0.05) is 45.5 Å². The maximum Gasteiger partial charge on any atom is 0 e. The van der Waals surface area contributed by atoms with Crippen LogP contribution < -0.4 is 0 Å². The molecule has 0 aliphatic carbocycles. The van der Waals surface area contributed by atoms with Crippen LogP contribution in [0.2, 0.25) is 0 Å². The minimum absolute atomic E-state index is 0. The van der Waals surface area contributed by atoms with Gasteiger partial charge in [0.25, 0.3) is 0 Å². The summed E-state index contributed by atoms with van der Waals surface area (Å²) in [5.74, 6) is 6.05. The fourth-order valence-electron chi connectivity index (χ4n) is 1.22. The molecule has 0 amide bonds. The monoisotopic (exact) mass is 486 g/mol. The first-order chi connectivity index (χ1) is 13.3. The topological polar surface area (TPSA) is 136 Å². The summed E-state index contributed by atoms with van der Waals surface area (Å²) in [6, 6.07) is 9.31. The van der Waals surface area contributed by atoms with Crippen LogP contribution in [-0.2, 0) is 61.5 Å². The third-order valence-electron chi connectivity index (χ3n) is 2.13. The van der Waals surface area contributed by atoms with E-state index in [1.807, 2.05) is 30.3 Å². The number of hydrogen-bond acceptors (Lipinski definition) is 1. The van der Waals surface area contributed by atoms with Gasteiger partial charge in [-0.15, -0.1) is 5.92 Å². The van der Waals surface area contributed by atoms with Gasteiger partial charge in [0.2, 0.25) is 0 Å². The summed E-state index contributed by atoms with van der Waals surface area (Å²) in [5.41, 5.74) is 0.752. The second-order valence-corrected chi connectivity index (χ2v) is 3.42. The number of rotatable bonds is 4. The van der Waals surface area contributed by atoms with E-state index >= 15 is 0 Å². The molecule has 9 heteroatoms. The van der Waals surface area contributed by atoms with E-state index in [-0.39, 0.29) is 39.3 Å². The van der Waals surface area contributed by atoms with Crippen molar-refractivity contribution in [2.75, 3.05) is 0 Å². The van der Waals surface area contributed by atoms with E-state index in [0.717, 1.165) is 24.8 Å². The molecule has 0 fully saturated rings. The Labute approximate surface area is 192 Å². The van der Waals surface area contributed by atoms with Crippen molar-refractivity contribution in [3.05, 3.63) is 75.8 Å². The Morgan fingerprint density at radius 3 is 1.48 bits per heavy atom. The molecule has 0 aromatic heterocycles. The first-order valence-corrected chi connectivity index (χ1v) is 6.61. The number of unbranched alkanes of at least 4 members (excludes halogenated alkanes) is 2. The zero-order chi connectivity index (χ0) is 22.9. The van der Waals surface area contributed by atoms with Crippen molar-refractivity contribution in [1.82, 2.24) is 0 Å². The summed E-state index contributed by atoms with van der Waals surface area (Å²) < 4.78 is 45.0. The quantitative estimate of drug-likeness (QED) is 0.209. The summed E-state index contributed by atoms with van der Waals surface area (Å²) in [4.78, 5) is 11.6. The predicted octanol–water partition coefficient (Wildman–Crippen LogP) is 3.22. The van der Waals surface area contributed by atoms with E-state index in [1.165, 1.54) is 0 Å². The molecule has 2 radical (unpaired) electrons. The fourth-order valence-corrected chi connectivity index (χ4v) is 1.22. The van der Waals surface area contributed by atoms with Crippen LogP contribution in [0.25, 0.3) is 0 Å². The van der Waals surface area contributed by atoms with Gasteiger partial charge in [0.15, 0.2) is 5.78 Å². The van der Waals surface area contributed by atoms with Crippen LogP contribution >= 0.6 is 0 Å². The van der Waals surface area contributed by atoms with Crippen LogP contribution in [0.15, 0.2) is 30.3 Å². The fraction of sp³-hybridized carbons (Fsp3) is 0.250. The molecule has 0 saturated carbocycles. The van der Waals surface area contributed by atoms with Crippen molar-refractivity contribution in [2.45, 2.75) is 32.6 Å². The summed E-state index contributed by atoms with van der Waals surface area (Å²) in [6.07, 6.45) is 3.51. The zero-order valence-electron chi connectivity index (χ0n) is 15.2. The Kier molecular flexibility index (Phi) is 126. The smallest absolute Gasteiger partial charge is 0 e. The van der Waals surface area contributed by atoms with Gasteiger partial charge in [-0.2, -0.15) is 0 Å². The zero-order valence-corrected chi connectivity index (χ0v) is 17.3. The Balaban J connectivity index is -0.0000000453. The van der Waals surface area contributed by atoms with Crippen LogP contribution in [0, 0.1) is 51.7 Å². The van der Waals surface area contributed by atoms with Crippen LogP contribution in [0.1, 0.15) is 43.0 Å². The van der Waals surface area contributed by atoms with Crippen molar-refractivity contribution in [2.24, 2.45) is 0 Å². The van der Waals surface area contributed by atoms with E-state index in [4.69, 9.17) is 27.9 Å². The maximum atomic E-state index is 11.6. The number of Topliss-reactive ketones (excluding diaryl/α,β-unsaturated/α-hetero) is 1. The molecule has 29 heavy (non-hydrogen) atoms. The molecule has 1 aromatic carbocycles. The minimum Gasteiger partial charge on any atom is 0 e. The summed E-state index contributed by atoms with van der Waals surface area (Å²) >= 11 is 0. The summed E-state index contributed by atoms with van der Waals surface area (Å²) in [5, 5.41) is 0. The molecule has 0 unspecified atom stereocenters. The van der Waals surface area contributed by atoms with E-state index in [2.05, 4.69) is 58.7 Å². The maximum absolute atomic E-state index is 11.6. The molecule has 0 N–H and O–H groups in total. The van der Waals surface area contributed by atoms with E-state index in [0.29, 0.717) is 6.42 Å². The van der Waals surface area contributed by atoms with Crippen LogP contribution in [0.5, 0.6) is 0 Å². The molecule has 156 valence electrons. The number of hydrogen-bond donors (Lipinski definition) is 0. The molecule has 0 heterocycles. The molecule has 7 nitrogen and oxygen atoms in total. The van der Waals surface area contributed by atoms with Gasteiger partial charge in [-0.3, -0.25) is 4.79 Å². The Morgan fingerprint density at radius 1 is 0.759 bits per heavy atom. The summed E-state index contributed by atoms with van der Waals surface area (Å²) in [7, 11) is 0. The van der Waals surface area contributed by atoms with E-state index < -0.39 is 0 Å². The van der Waals surface area contributed by atoms with Crippen molar-refractivity contribution in [1.29, 1.82) is 0 Å². The molecule has 1 rings (SSSR count). The van der Waals surface area contributed by atoms with Gasteiger partial charge in [0.1, 0.15) is 0 Å². The number of carbonyl (C=O) groups excluding carboxylic acids is 1. The Morgan fingerprint density at radius 2 is 1.14 bits per heavy atom. The van der Waals surface area contributed by atoms with E-state index in [1.54, 1.807) is 0 Å².